The number of piperidine rings is 1. The van der Waals surface area contributed by atoms with Crippen molar-refractivity contribution in [3.8, 4) is 22.6 Å². The van der Waals surface area contributed by atoms with E-state index in [9.17, 15) is 21.9 Å². The normalized spacial score (nSPS) is 22.3. The molecule has 1 unspecified atom stereocenters. The van der Waals surface area contributed by atoms with Crippen LogP contribution >= 0.6 is 0 Å². The van der Waals surface area contributed by atoms with E-state index in [-0.39, 0.29) is 39.8 Å². The van der Waals surface area contributed by atoms with Gasteiger partial charge in [-0.2, -0.15) is 4.31 Å². The fraction of sp³-hybridized carbons (Fsp3) is 0.514. The van der Waals surface area contributed by atoms with Gasteiger partial charge in [-0.05, 0) is 98.9 Å². The van der Waals surface area contributed by atoms with Crippen LogP contribution in [0.2, 0.25) is 0 Å². The Balaban J connectivity index is 0.926. The van der Waals surface area contributed by atoms with E-state index in [1.54, 1.807) is 30.3 Å². The third kappa shape index (κ3) is 7.45. The summed E-state index contributed by atoms with van der Waals surface area (Å²) in [6, 6.07) is 19.8. The molecule has 0 bridgehead atoms. The van der Waals surface area contributed by atoms with E-state index in [1.165, 1.54) is 10.4 Å². The standard InChI is InChI=1S/C37H47N3O8S2/c1-2-46-34-13-8-27(26-6-9-28(10-7-26)37(38)14-15-37)20-35(34)50(44,45)40-18-16-36(17-19-40)22-29(24-48-36)39-23-30(41)25-47-31-4-3-5-33(21-31)49(42,43)32-11-12-32/h3-10,13,20-21,29-30,32,39,41H,2,11-12,14-19,22-25,38H2,1H3/t29-,30?/m1/s1. The van der Waals surface area contributed by atoms with E-state index in [0.717, 1.165) is 29.5 Å². The molecular formula is C37H47N3O8S2. The number of aliphatic hydroxyl groups is 1. The zero-order chi connectivity index (χ0) is 35.1. The van der Waals surface area contributed by atoms with Gasteiger partial charge in [-0.1, -0.05) is 36.4 Å². The molecule has 2 heterocycles. The maximum absolute atomic E-state index is 14.1. The van der Waals surface area contributed by atoms with Gasteiger partial charge in [-0.25, -0.2) is 16.8 Å². The first kappa shape index (κ1) is 35.4. The lowest BCUT2D eigenvalue weighted by Gasteiger charge is -2.38. The molecule has 50 heavy (non-hydrogen) atoms. The van der Waals surface area contributed by atoms with Crippen LogP contribution in [-0.2, 0) is 30.1 Å². The molecule has 2 saturated heterocycles. The quantitative estimate of drug-likeness (QED) is 0.222. The van der Waals surface area contributed by atoms with Crippen molar-refractivity contribution in [3.63, 3.8) is 0 Å². The van der Waals surface area contributed by atoms with Gasteiger partial charge in [0.2, 0.25) is 10.0 Å². The van der Waals surface area contributed by atoms with Crippen LogP contribution in [-0.4, -0.2) is 88.7 Å². The maximum atomic E-state index is 14.1. The zero-order valence-corrected chi connectivity index (χ0v) is 30.1. The minimum atomic E-state index is -3.85. The van der Waals surface area contributed by atoms with E-state index in [2.05, 4.69) is 5.32 Å². The topological polar surface area (TPSA) is 157 Å². The minimum Gasteiger partial charge on any atom is -0.492 e. The fourth-order valence-corrected chi connectivity index (χ4v) is 10.3. The van der Waals surface area contributed by atoms with Gasteiger partial charge >= 0.3 is 0 Å². The van der Waals surface area contributed by atoms with Gasteiger partial charge in [0.05, 0.1) is 29.0 Å². The third-order valence-electron chi connectivity index (χ3n) is 10.5. The van der Waals surface area contributed by atoms with Crippen molar-refractivity contribution in [2.75, 3.05) is 39.5 Å². The summed E-state index contributed by atoms with van der Waals surface area (Å²) in [5.41, 5.74) is 8.50. The summed E-state index contributed by atoms with van der Waals surface area (Å²) >= 11 is 0. The van der Waals surface area contributed by atoms with E-state index in [4.69, 9.17) is 19.9 Å². The van der Waals surface area contributed by atoms with Crippen molar-refractivity contribution in [3.05, 3.63) is 72.3 Å². The third-order valence-corrected chi connectivity index (χ3v) is 14.6. The largest absolute Gasteiger partial charge is 0.492 e. The van der Waals surface area contributed by atoms with Gasteiger partial charge in [0.1, 0.15) is 29.1 Å². The lowest BCUT2D eigenvalue weighted by atomic mass is 9.88. The Hall–Kier alpha value is -3.04. The average molecular weight is 726 g/mol. The van der Waals surface area contributed by atoms with E-state index < -0.39 is 31.6 Å². The number of nitrogens with one attached hydrogen (secondary N) is 1. The Kier molecular flexibility index (Phi) is 9.78. The van der Waals surface area contributed by atoms with Gasteiger partial charge in [0.25, 0.3) is 0 Å². The van der Waals surface area contributed by atoms with Crippen LogP contribution < -0.4 is 20.5 Å². The molecule has 2 aliphatic carbocycles. The fourth-order valence-electron chi connectivity index (χ4n) is 7.04. The van der Waals surface area contributed by atoms with Crippen molar-refractivity contribution in [1.29, 1.82) is 0 Å². The monoisotopic (exact) mass is 725 g/mol. The number of sulfonamides is 1. The minimum absolute atomic E-state index is 0.00140. The first-order valence-corrected chi connectivity index (χ1v) is 20.6. The molecule has 11 nitrogen and oxygen atoms in total. The molecule has 4 fully saturated rings. The molecular weight excluding hydrogens is 679 g/mol. The number of rotatable bonds is 14. The lowest BCUT2D eigenvalue weighted by Crippen LogP contribution is -2.47. The van der Waals surface area contributed by atoms with Crippen LogP contribution in [0.3, 0.4) is 0 Å². The molecule has 2 aliphatic heterocycles. The predicted octanol–water partition coefficient (Wildman–Crippen LogP) is 3.98. The van der Waals surface area contributed by atoms with Gasteiger partial charge in [0.15, 0.2) is 9.84 Å². The van der Waals surface area contributed by atoms with E-state index in [1.807, 2.05) is 37.3 Å². The number of hydrogen-bond donors (Lipinski definition) is 3. The molecule has 2 saturated carbocycles. The number of nitrogens with zero attached hydrogens (tertiary/aromatic N) is 1. The molecule has 7 rings (SSSR count). The Morgan fingerprint density at radius 1 is 0.960 bits per heavy atom. The van der Waals surface area contributed by atoms with Crippen LogP contribution in [0.5, 0.6) is 11.5 Å². The van der Waals surface area contributed by atoms with E-state index in [0.29, 0.717) is 69.9 Å². The second-order valence-electron chi connectivity index (χ2n) is 14.2. The molecule has 3 aromatic rings. The van der Waals surface area contributed by atoms with Crippen LogP contribution in [0, 0.1) is 0 Å². The molecule has 2 atom stereocenters. The van der Waals surface area contributed by atoms with Crippen LogP contribution in [0.4, 0.5) is 0 Å². The molecule has 270 valence electrons. The molecule has 13 heteroatoms. The highest BCUT2D eigenvalue weighted by molar-refractivity contribution is 7.92. The number of nitrogens with two attached hydrogens (primary N) is 1. The Morgan fingerprint density at radius 2 is 1.68 bits per heavy atom. The second kappa shape index (κ2) is 13.8. The summed E-state index contributed by atoms with van der Waals surface area (Å²) < 4.78 is 72.6. The van der Waals surface area contributed by atoms with Crippen molar-refractivity contribution in [1.82, 2.24) is 9.62 Å². The van der Waals surface area contributed by atoms with Crippen molar-refractivity contribution in [2.45, 2.75) is 90.2 Å². The number of aliphatic hydroxyl groups excluding tert-OH is 1. The van der Waals surface area contributed by atoms with Gasteiger partial charge < -0.3 is 30.4 Å². The molecule has 0 radical (unpaired) electrons. The van der Waals surface area contributed by atoms with Crippen molar-refractivity contribution < 1.29 is 36.2 Å². The summed E-state index contributed by atoms with van der Waals surface area (Å²) in [7, 11) is -7.17. The highest BCUT2D eigenvalue weighted by atomic mass is 32.2. The van der Waals surface area contributed by atoms with E-state index >= 15 is 0 Å². The van der Waals surface area contributed by atoms with Gasteiger partial charge in [-0.15, -0.1) is 0 Å². The number of ether oxygens (including phenoxy) is 3. The summed E-state index contributed by atoms with van der Waals surface area (Å²) in [5, 5.41) is 13.7. The molecule has 0 amide bonds. The second-order valence-corrected chi connectivity index (χ2v) is 18.4. The highest BCUT2D eigenvalue weighted by Gasteiger charge is 2.45. The number of benzene rings is 3. The Labute approximate surface area is 295 Å². The predicted molar refractivity (Wildman–Crippen MR) is 189 cm³/mol. The molecule has 1 spiro atoms. The van der Waals surface area contributed by atoms with Crippen molar-refractivity contribution >= 4 is 19.9 Å². The zero-order valence-electron chi connectivity index (χ0n) is 28.4. The Bertz CT molecular complexity index is 1900. The Morgan fingerprint density at radius 3 is 2.36 bits per heavy atom. The lowest BCUT2D eigenvalue weighted by molar-refractivity contribution is -0.0312. The molecule has 0 aromatic heterocycles. The summed E-state index contributed by atoms with van der Waals surface area (Å²) in [6.45, 7) is 3.58. The maximum Gasteiger partial charge on any atom is 0.246 e. The van der Waals surface area contributed by atoms with Gasteiger partial charge in [0, 0.05) is 31.2 Å². The number of sulfone groups is 1. The number of hydrogen-bond acceptors (Lipinski definition) is 10. The summed E-state index contributed by atoms with van der Waals surface area (Å²) in [6.07, 6.45) is 4.34. The molecule has 3 aromatic carbocycles. The van der Waals surface area contributed by atoms with Crippen LogP contribution in [0.25, 0.3) is 11.1 Å². The SMILES string of the molecule is CCOc1ccc(-c2ccc(C3(N)CC3)cc2)cc1S(=O)(=O)N1CCC2(CC1)C[C@@H](NCC(O)COc1cccc(S(=O)(=O)C3CC3)c1)CO2. The molecule has 4 N–H and O–H groups in total. The smallest absolute Gasteiger partial charge is 0.246 e. The first-order valence-electron chi connectivity index (χ1n) is 17.6. The van der Waals surface area contributed by atoms with Crippen molar-refractivity contribution in [2.24, 2.45) is 5.73 Å². The van der Waals surface area contributed by atoms with Crippen LogP contribution in [0.1, 0.15) is 57.4 Å². The summed E-state index contributed by atoms with van der Waals surface area (Å²) in [4.78, 5) is 0.411. The van der Waals surface area contributed by atoms with Gasteiger partial charge in [-0.3, -0.25) is 0 Å². The van der Waals surface area contributed by atoms with Crippen LogP contribution in [0.15, 0.2) is 76.5 Å². The average Bonchev–Trinajstić information content (AvgIpc) is 4.06. The first-order chi connectivity index (χ1) is 23.9. The summed E-state index contributed by atoms with van der Waals surface area (Å²) in [5.74, 6) is 0.746. The molecule has 4 aliphatic rings. The highest BCUT2D eigenvalue weighted by Crippen LogP contribution is 2.43.